The molecule has 0 spiro atoms. The van der Waals surface area contributed by atoms with Gasteiger partial charge in [-0.3, -0.25) is 4.99 Å². The standard InChI is InChI=1S/C24H26N2O3/c1-27-15-9-8-14-10-21(25-20(14)11-15)24-18-13-23(29-3)22(28-2)12-17(18)16-6-4-5-7-19(16)26-24/h8-13,16,19,25H,4-7H2,1-3H3. The van der Waals surface area contributed by atoms with Crippen LogP contribution in [0.1, 0.15) is 48.4 Å². The highest BCUT2D eigenvalue weighted by molar-refractivity contribution is 6.15. The van der Waals surface area contributed by atoms with E-state index in [1.165, 1.54) is 24.8 Å². The Morgan fingerprint density at radius 1 is 0.897 bits per heavy atom. The van der Waals surface area contributed by atoms with Crippen molar-refractivity contribution in [3.05, 3.63) is 53.2 Å². The summed E-state index contributed by atoms with van der Waals surface area (Å²) in [6.45, 7) is 0. The monoisotopic (exact) mass is 390 g/mol. The van der Waals surface area contributed by atoms with Crippen LogP contribution in [0.2, 0.25) is 0 Å². The molecule has 5 nitrogen and oxygen atoms in total. The van der Waals surface area contributed by atoms with E-state index in [1.54, 1.807) is 21.3 Å². The molecular weight excluding hydrogens is 364 g/mol. The van der Waals surface area contributed by atoms with E-state index in [2.05, 4.69) is 29.2 Å². The van der Waals surface area contributed by atoms with Crippen molar-refractivity contribution in [3.63, 3.8) is 0 Å². The van der Waals surface area contributed by atoms with Crippen molar-refractivity contribution in [3.8, 4) is 17.2 Å². The number of hydrogen-bond acceptors (Lipinski definition) is 4. The number of hydrogen-bond donors (Lipinski definition) is 1. The molecule has 2 heterocycles. The second kappa shape index (κ2) is 7.14. The SMILES string of the molecule is COc1ccc2cc(C3=NC4CCCCC4c4cc(OC)c(OC)cc43)[nH]c2c1. The van der Waals surface area contributed by atoms with Gasteiger partial charge >= 0.3 is 0 Å². The zero-order chi connectivity index (χ0) is 20.0. The number of aromatic amines is 1. The van der Waals surface area contributed by atoms with E-state index in [0.717, 1.165) is 51.5 Å². The number of benzene rings is 2. The van der Waals surface area contributed by atoms with Crippen LogP contribution >= 0.6 is 0 Å². The van der Waals surface area contributed by atoms with Gasteiger partial charge in [-0.2, -0.15) is 0 Å². The van der Waals surface area contributed by atoms with Gasteiger partial charge in [-0.25, -0.2) is 0 Å². The summed E-state index contributed by atoms with van der Waals surface area (Å²) in [5.74, 6) is 2.83. The average molecular weight is 390 g/mol. The van der Waals surface area contributed by atoms with Crippen LogP contribution in [0.5, 0.6) is 17.2 Å². The first kappa shape index (κ1) is 18.1. The molecule has 0 bridgehead atoms. The Morgan fingerprint density at radius 3 is 2.48 bits per heavy atom. The molecule has 2 aliphatic rings. The number of fused-ring (bicyclic) bond motifs is 4. The first-order valence-corrected chi connectivity index (χ1v) is 10.2. The van der Waals surface area contributed by atoms with Crippen molar-refractivity contribution in [2.75, 3.05) is 21.3 Å². The Hall–Kier alpha value is -2.95. The lowest BCUT2D eigenvalue weighted by Gasteiger charge is -2.35. The van der Waals surface area contributed by atoms with Crippen molar-refractivity contribution in [1.82, 2.24) is 4.98 Å². The van der Waals surface area contributed by atoms with E-state index < -0.39 is 0 Å². The highest BCUT2D eigenvalue weighted by Gasteiger charge is 2.35. The fraction of sp³-hybridized carbons (Fsp3) is 0.375. The van der Waals surface area contributed by atoms with Crippen LogP contribution in [-0.4, -0.2) is 38.1 Å². The Kier molecular flexibility index (Phi) is 4.46. The van der Waals surface area contributed by atoms with Gasteiger partial charge in [-0.15, -0.1) is 0 Å². The van der Waals surface area contributed by atoms with Crippen LogP contribution in [0, 0.1) is 0 Å². The maximum Gasteiger partial charge on any atom is 0.161 e. The van der Waals surface area contributed by atoms with Crippen molar-refractivity contribution in [1.29, 1.82) is 0 Å². The minimum absolute atomic E-state index is 0.324. The minimum atomic E-state index is 0.324. The predicted octanol–water partition coefficient (Wildman–Crippen LogP) is 5.07. The zero-order valence-electron chi connectivity index (χ0n) is 17.1. The Morgan fingerprint density at radius 2 is 1.69 bits per heavy atom. The van der Waals surface area contributed by atoms with Crippen LogP contribution < -0.4 is 14.2 Å². The van der Waals surface area contributed by atoms with Crippen LogP contribution in [0.15, 0.2) is 41.4 Å². The lowest BCUT2D eigenvalue weighted by molar-refractivity contribution is 0.349. The number of methoxy groups -OCH3 is 3. The molecule has 1 aliphatic heterocycles. The zero-order valence-corrected chi connectivity index (χ0v) is 17.1. The van der Waals surface area contributed by atoms with Crippen molar-refractivity contribution in [2.45, 2.75) is 37.6 Å². The smallest absolute Gasteiger partial charge is 0.161 e. The Balaban J connectivity index is 1.69. The van der Waals surface area contributed by atoms with Gasteiger partial charge in [0.05, 0.1) is 38.8 Å². The summed E-state index contributed by atoms with van der Waals surface area (Å²) < 4.78 is 16.6. The molecule has 2 atom stereocenters. The maximum absolute atomic E-state index is 5.61. The van der Waals surface area contributed by atoms with E-state index in [4.69, 9.17) is 19.2 Å². The van der Waals surface area contributed by atoms with Crippen molar-refractivity contribution in [2.24, 2.45) is 4.99 Å². The number of aliphatic imine (C=N–C) groups is 1. The van der Waals surface area contributed by atoms with Crippen molar-refractivity contribution >= 4 is 16.6 Å². The second-order valence-electron chi connectivity index (χ2n) is 7.87. The van der Waals surface area contributed by atoms with Crippen molar-refractivity contribution < 1.29 is 14.2 Å². The summed E-state index contributed by atoms with van der Waals surface area (Å²) >= 11 is 0. The molecule has 2 aromatic carbocycles. The number of nitrogens with one attached hydrogen (secondary N) is 1. The van der Waals surface area contributed by atoms with Crippen LogP contribution in [0.25, 0.3) is 10.9 Å². The molecule has 1 aromatic heterocycles. The molecule has 2 unspecified atom stereocenters. The van der Waals surface area contributed by atoms with Crippen LogP contribution in [0.4, 0.5) is 0 Å². The predicted molar refractivity (Wildman–Crippen MR) is 115 cm³/mol. The molecule has 3 aromatic rings. The Bertz CT molecular complexity index is 1100. The van der Waals surface area contributed by atoms with Gasteiger partial charge in [0.2, 0.25) is 0 Å². The van der Waals surface area contributed by atoms with E-state index in [-0.39, 0.29) is 0 Å². The third kappa shape index (κ3) is 2.96. The molecule has 1 N–H and O–H groups in total. The molecule has 5 rings (SSSR count). The van der Waals surface area contributed by atoms with E-state index in [1.807, 2.05) is 12.1 Å². The van der Waals surface area contributed by atoms with Gasteiger partial charge in [0.1, 0.15) is 5.75 Å². The molecular formula is C24H26N2O3. The molecule has 5 heteroatoms. The van der Waals surface area contributed by atoms with Crippen LogP contribution in [-0.2, 0) is 0 Å². The van der Waals surface area contributed by atoms with Gasteiger partial charge in [0, 0.05) is 28.5 Å². The second-order valence-corrected chi connectivity index (χ2v) is 7.87. The topological polar surface area (TPSA) is 55.8 Å². The summed E-state index contributed by atoms with van der Waals surface area (Å²) in [5.41, 5.74) is 5.57. The molecule has 0 saturated heterocycles. The quantitative estimate of drug-likeness (QED) is 0.677. The fourth-order valence-corrected chi connectivity index (χ4v) is 4.85. The van der Waals surface area contributed by atoms with Gasteiger partial charge in [0.25, 0.3) is 0 Å². The van der Waals surface area contributed by atoms with Gasteiger partial charge in [0.15, 0.2) is 11.5 Å². The molecule has 1 fully saturated rings. The first-order valence-electron chi connectivity index (χ1n) is 10.2. The van der Waals surface area contributed by atoms with Gasteiger partial charge in [-0.1, -0.05) is 12.8 Å². The number of aromatic nitrogens is 1. The molecule has 150 valence electrons. The molecule has 29 heavy (non-hydrogen) atoms. The summed E-state index contributed by atoms with van der Waals surface area (Å²) in [6.07, 6.45) is 4.81. The minimum Gasteiger partial charge on any atom is -0.497 e. The Labute approximate surface area is 170 Å². The summed E-state index contributed by atoms with van der Waals surface area (Å²) in [4.78, 5) is 8.80. The molecule has 0 radical (unpaired) electrons. The lowest BCUT2D eigenvalue weighted by Crippen LogP contribution is -2.29. The molecule has 1 saturated carbocycles. The van der Waals surface area contributed by atoms with E-state index >= 15 is 0 Å². The largest absolute Gasteiger partial charge is 0.497 e. The van der Waals surface area contributed by atoms with Gasteiger partial charge in [-0.05, 0) is 48.7 Å². The highest BCUT2D eigenvalue weighted by Crippen LogP contribution is 2.44. The van der Waals surface area contributed by atoms with Gasteiger partial charge < -0.3 is 19.2 Å². The van der Waals surface area contributed by atoms with Crippen LogP contribution in [0.3, 0.4) is 0 Å². The third-order valence-corrected chi connectivity index (χ3v) is 6.32. The number of H-pyrrole nitrogens is 1. The fourth-order valence-electron chi connectivity index (χ4n) is 4.85. The average Bonchev–Trinajstić information content (AvgIpc) is 3.20. The summed E-state index contributed by atoms with van der Waals surface area (Å²) in [6, 6.07) is 12.9. The lowest BCUT2D eigenvalue weighted by atomic mass is 9.75. The number of nitrogens with zero attached hydrogens (tertiary/aromatic N) is 1. The normalized spacial score (nSPS) is 20.6. The third-order valence-electron chi connectivity index (χ3n) is 6.32. The van der Waals surface area contributed by atoms with E-state index in [0.29, 0.717) is 12.0 Å². The summed E-state index contributed by atoms with van der Waals surface area (Å²) in [5, 5.41) is 1.15. The number of rotatable bonds is 4. The van der Waals surface area contributed by atoms with E-state index in [9.17, 15) is 0 Å². The molecule has 1 aliphatic carbocycles. The highest BCUT2D eigenvalue weighted by atomic mass is 16.5. The number of ether oxygens (including phenoxy) is 3. The maximum atomic E-state index is 5.61. The molecule has 0 amide bonds. The first-order chi connectivity index (χ1) is 14.2. The summed E-state index contributed by atoms with van der Waals surface area (Å²) in [7, 11) is 5.07.